The van der Waals surface area contributed by atoms with Gasteiger partial charge in [-0.3, -0.25) is 0 Å². The fourth-order valence-corrected chi connectivity index (χ4v) is 2.00. The predicted octanol–water partition coefficient (Wildman–Crippen LogP) is 3.59. The molecule has 0 aromatic heterocycles. The average Bonchev–Trinajstić information content (AvgIpc) is 2.20. The molecule has 1 fully saturated rings. The molecule has 1 aromatic rings. The van der Waals surface area contributed by atoms with E-state index in [9.17, 15) is 22.0 Å². The van der Waals surface area contributed by atoms with Crippen LogP contribution in [0.15, 0.2) is 12.1 Å². The Morgan fingerprint density at radius 1 is 1.16 bits per heavy atom. The van der Waals surface area contributed by atoms with Crippen LogP contribution in [0.3, 0.4) is 0 Å². The van der Waals surface area contributed by atoms with Crippen molar-refractivity contribution in [2.45, 2.75) is 25.1 Å². The standard InChI is InChI=1S/C12H9F5N2/c13-10-3-8(4-11(14)9(10)5-18)19-7-1-6(2-7)12(15,16)17/h3-4,6-7,19H,1-2H2. The molecule has 102 valence electrons. The maximum Gasteiger partial charge on any atom is 0.391 e. The van der Waals surface area contributed by atoms with E-state index in [0.29, 0.717) is 0 Å². The van der Waals surface area contributed by atoms with Crippen LogP contribution in [0.2, 0.25) is 0 Å². The highest BCUT2D eigenvalue weighted by molar-refractivity contribution is 5.50. The van der Waals surface area contributed by atoms with Crippen molar-refractivity contribution in [2.75, 3.05) is 5.32 Å². The van der Waals surface area contributed by atoms with E-state index in [-0.39, 0.29) is 18.5 Å². The number of nitriles is 1. The quantitative estimate of drug-likeness (QED) is 0.838. The van der Waals surface area contributed by atoms with Crippen molar-refractivity contribution in [3.63, 3.8) is 0 Å². The van der Waals surface area contributed by atoms with Gasteiger partial charge in [-0.25, -0.2) is 8.78 Å². The minimum absolute atomic E-state index is 0.0413. The van der Waals surface area contributed by atoms with Crippen molar-refractivity contribution in [3.8, 4) is 6.07 Å². The molecule has 1 N–H and O–H groups in total. The molecular weight excluding hydrogens is 267 g/mol. The fourth-order valence-electron chi connectivity index (χ4n) is 2.00. The predicted molar refractivity (Wildman–Crippen MR) is 57.3 cm³/mol. The van der Waals surface area contributed by atoms with Crippen molar-refractivity contribution in [1.29, 1.82) is 5.26 Å². The molecule has 0 amide bonds. The molecule has 0 spiro atoms. The van der Waals surface area contributed by atoms with Crippen LogP contribution in [0.25, 0.3) is 0 Å². The normalized spacial score (nSPS) is 22.5. The summed E-state index contributed by atoms with van der Waals surface area (Å²) in [5.41, 5.74) is -0.660. The average molecular weight is 276 g/mol. The molecule has 0 unspecified atom stereocenters. The molecule has 19 heavy (non-hydrogen) atoms. The number of nitrogens with one attached hydrogen (secondary N) is 1. The van der Waals surface area contributed by atoms with Crippen LogP contribution >= 0.6 is 0 Å². The zero-order valence-corrected chi connectivity index (χ0v) is 9.56. The van der Waals surface area contributed by atoms with Gasteiger partial charge < -0.3 is 5.32 Å². The number of anilines is 1. The molecule has 0 radical (unpaired) electrons. The summed E-state index contributed by atoms with van der Waals surface area (Å²) < 4.78 is 63.3. The molecule has 2 nitrogen and oxygen atoms in total. The number of hydrogen-bond donors (Lipinski definition) is 1. The van der Waals surface area contributed by atoms with Gasteiger partial charge in [-0.05, 0) is 25.0 Å². The Bertz CT molecular complexity index is 503. The molecule has 0 bridgehead atoms. The number of halogens is 5. The third-order valence-electron chi connectivity index (χ3n) is 3.13. The summed E-state index contributed by atoms with van der Waals surface area (Å²) >= 11 is 0. The SMILES string of the molecule is N#Cc1c(F)cc(NC2CC(C(F)(F)F)C2)cc1F. The molecule has 1 aromatic carbocycles. The van der Waals surface area contributed by atoms with Gasteiger partial charge in [0.15, 0.2) is 0 Å². The lowest BCUT2D eigenvalue weighted by Crippen LogP contribution is -2.43. The van der Waals surface area contributed by atoms with Gasteiger partial charge in [-0.2, -0.15) is 18.4 Å². The first-order valence-electron chi connectivity index (χ1n) is 5.53. The van der Waals surface area contributed by atoms with Crippen LogP contribution in [-0.2, 0) is 0 Å². The lowest BCUT2D eigenvalue weighted by atomic mass is 9.79. The number of nitrogens with zero attached hydrogens (tertiary/aromatic N) is 1. The summed E-state index contributed by atoms with van der Waals surface area (Å²) in [5.74, 6) is -3.42. The van der Waals surface area contributed by atoms with Gasteiger partial charge in [0, 0.05) is 11.7 Å². The van der Waals surface area contributed by atoms with Crippen molar-refractivity contribution in [3.05, 3.63) is 29.3 Å². The number of hydrogen-bond acceptors (Lipinski definition) is 2. The first kappa shape index (κ1) is 13.6. The third kappa shape index (κ3) is 2.78. The molecule has 0 heterocycles. The lowest BCUT2D eigenvalue weighted by Gasteiger charge is -2.37. The zero-order valence-electron chi connectivity index (χ0n) is 9.56. The van der Waals surface area contributed by atoms with Crippen LogP contribution in [0.5, 0.6) is 0 Å². The first-order valence-corrected chi connectivity index (χ1v) is 5.53. The molecule has 0 atom stereocenters. The van der Waals surface area contributed by atoms with Gasteiger partial charge in [0.1, 0.15) is 23.3 Å². The summed E-state index contributed by atoms with van der Waals surface area (Å²) in [7, 11) is 0. The molecule has 0 saturated heterocycles. The Kier molecular flexibility index (Phi) is 3.35. The van der Waals surface area contributed by atoms with E-state index < -0.39 is 35.3 Å². The third-order valence-corrected chi connectivity index (χ3v) is 3.13. The van der Waals surface area contributed by atoms with Crippen molar-refractivity contribution >= 4 is 5.69 Å². The van der Waals surface area contributed by atoms with E-state index >= 15 is 0 Å². The molecule has 7 heteroatoms. The minimum Gasteiger partial charge on any atom is -0.382 e. The Hall–Kier alpha value is -1.84. The highest BCUT2D eigenvalue weighted by atomic mass is 19.4. The van der Waals surface area contributed by atoms with Gasteiger partial charge >= 0.3 is 6.18 Å². The maximum atomic E-state index is 13.3. The second-order valence-electron chi connectivity index (χ2n) is 4.48. The van der Waals surface area contributed by atoms with Crippen LogP contribution in [0, 0.1) is 28.9 Å². The monoisotopic (exact) mass is 276 g/mol. The van der Waals surface area contributed by atoms with E-state index in [0.717, 1.165) is 12.1 Å². The summed E-state index contributed by atoms with van der Waals surface area (Å²) in [5, 5.41) is 11.1. The van der Waals surface area contributed by atoms with Crippen molar-refractivity contribution in [2.24, 2.45) is 5.92 Å². The summed E-state index contributed by atoms with van der Waals surface area (Å²) in [4.78, 5) is 0. The van der Waals surface area contributed by atoms with Gasteiger partial charge in [0.05, 0.1) is 5.92 Å². The second-order valence-corrected chi connectivity index (χ2v) is 4.48. The Labute approximate surface area is 105 Å². The number of alkyl halides is 3. The molecule has 2 rings (SSSR count). The van der Waals surface area contributed by atoms with Gasteiger partial charge in [0.2, 0.25) is 0 Å². The largest absolute Gasteiger partial charge is 0.391 e. The second kappa shape index (κ2) is 4.68. The van der Waals surface area contributed by atoms with Crippen LogP contribution < -0.4 is 5.32 Å². The van der Waals surface area contributed by atoms with Gasteiger partial charge in [-0.1, -0.05) is 0 Å². The summed E-state index contributed by atoms with van der Waals surface area (Å²) in [6, 6.07) is 2.72. The van der Waals surface area contributed by atoms with Crippen LogP contribution in [0.1, 0.15) is 18.4 Å². The van der Waals surface area contributed by atoms with Gasteiger partial charge in [-0.15, -0.1) is 0 Å². The summed E-state index contributed by atoms with van der Waals surface area (Å²) in [6.07, 6.45) is -4.46. The maximum absolute atomic E-state index is 13.3. The Morgan fingerprint density at radius 2 is 1.68 bits per heavy atom. The Morgan fingerprint density at radius 3 is 2.11 bits per heavy atom. The highest BCUT2D eigenvalue weighted by Crippen LogP contribution is 2.42. The van der Waals surface area contributed by atoms with E-state index in [4.69, 9.17) is 5.26 Å². The summed E-state index contributed by atoms with van der Waals surface area (Å²) in [6.45, 7) is 0. The van der Waals surface area contributed by atoms with E-state index in [1.807, 2.05) is 0 Å². The van der Waals surface area contributed by atoms with Crippen LogP contribution in [-0.4, -0.2) is 12.2 Å². The van der Waals surface area contributed by atoms with Crippen LogP contribution in [0.4, 0.5) is 27.6 Å². The smallest absolute Gasteiger partial charge is 0.382 e. The van der Waals surface area contributed by atoms with Crippen molar-refractivity contribution < 1.29 is 22.0 Å². The molecule has 1 aliphatic rings. The number of rotatable bonds is 2. The molecule has 1 aliphatic carbocycles. The highest BCUT2D eigenvalue weighted by Gasteiger charge is 2.47. The fraction of sp³-hybridized carbons (Fsp3) is 0.417. The van der Waals surface area contributed by atoms with Crippen molar-refractivity contribution in [1.82, 2.24) is 0 Å². The molecule has 1 saturated carbocycles. The minimum atomic E-state index is -4.22. The Balaban J connectivity index is 2.01. The van der Waals surface area contributed by atoms with E-state index in [1.54, 1.807) is 0 Å². The molecular formula is C12H9F5N2. The van der Waals surface area contributed by atoms with Gasteiger partial charge in [0.25, 0.3) is 0 Å². The molecule has 0 aliphatic heterocycles. The topological polar surface area (TPSA) is 35.8 Å². The lowest BCUT2D eigenvalue weighted by molar-refractivity contribution is -0.195. The zero-order chi connectivity index (χ0) is 14.2. The van der Waals surface area contributed by atoms with E-state index in [2.05, 4.69) is 5.32 Å². The van der Waals surface area contributed by atoms with E-state index in [1.165, 1.54) is 6.07 Å². The first-order chi connectivity index (χ1) is 8.81. The number of benzene rings is 1.